The van der Waals surface area contributed by atoms with Gasteiger partial charge in [0.05, 0.1) is 16.2 Å². The van der Waals surface area contributed by atoms with Crippen molar-refractivity contribution in [3.8, 4) is 0 Å². The van der Waals surface area contributed by atoms with Gasteiger partial charge in [0.1, 0.15) is 11.8 Å². The smallest absolute Gasteiger partial charge is 0.335 e. The second-order valence-corrected chi connectivity index (χ2v) is 7.91. The van der Waals surface area contributed by atoms with Crippen LogP contribution in [0, 0.1) is 0 Å². The summed E-state index contributed by atoms with van der Waals surface area (Å²) in [4.78, 5) is 39.2. The molecule has 1 atom stereocenters. The summed E-state index contributed by atoms with van der Waals surface area (Å²) >= 11 is 7.51. The number of carbonyl (C=O) groups is 3. The first-order chi connectivity index (χ1) is 14.4. The zero-order valence-electron chi connectivity index (χ0n) is 15.3. The number of halogens is 1. The molecule has 30 heavy (non-hydrogen) atoms. The summed E-state index contributed by atoms with van der Waals surface area (Å²) in [7, 11) is 0. The fourth-order valence-electron chi connectivity index (χ4n) is 3.40. The van der Waals surface area contributed by atoms with E-state index >= 15 is 0 Å². The summed E-state index contributed by atoms with van der Waals surface area (Å²) in [5, 5.41) is 22.3. The molecule has 1 aromatic heterocycles. The predicted molar refractivity (Wildman–Crippen MR) is 114 cm³/mol. The van der Waals surface area contributed by atoms with Crippen LogP contribution >= 0.6 is 22.9 Å². The molecule has 1 aliphatic heterocycles. The van der Waals surface area contributed by atoms with Crippen molar-refractivity contribution in [2.24, 2.45) is 0 Å². The maximum Gasteiger partial charge on any atom is 0.335 e. The Morgan fingerprint density at radius 3 is 2.43 bits per heavy atom. The Labute approximate surface area is 180 Å². The Morgan fingerprint density at radius 2 is 1.77 bits per heavy atom. The summed E-state index contributed by atoms with van der Waals surface area (Å²) in [6.07, 6.45) is 0. The zero-order valence-corrected chi connectivity index (χ0v) is 16.9. The van der Waals surface area contributed by atoms with Gasteiger partial charge in [0.15, 0.2) is 0 Å². The standard InChI is InChI=1S/C22H14ClNO5S/c23-15-8-2-1-7-14(15)19(25)17-18(16-9-4-10-30-16)24(21(27)20(17)26)13-6-3-5-12(11-13)22(28)29/h1-11,18,25H,(H,28,29)/b19-17+. The number of carboxylic acids is 1. The molecule has 1 saturated heterocycles. The molecular weight excluding hydrogens is 426 g/mol. The molecule has 6 nitrogen and oxygen atoms in total. The molecule has 2 N–H and O–H groups in total. The van der Waals surface area contributed by atoms with E-state index in [2.05, 4.69) is 0 Å². The summed E-state index contributed by atoms with van der Waals surface area (Å²) in [5.41, 5.74) is 0.355. The minimum Gasteiger partial charge on any atom is -0.507 e. The number of aliphatic hydroxyl groups is 1. The van der Waals surface area contributed by atoms with Crippen molar-refractivity contribution in [3.63, 3.8) is 0 Å². The highest BCUT2D eigenvalue weighted by Crippen LogP contribution is 2.44. The van der Waals surface area contributed by atoms with E-state index < -0.39 is 23.7 Å². The van der Waals surface area contributed by atoms with Gasteiger partial charge in [-0.3, -0.25) is 14.5 Å². The van der Waals surface area contributed by atoms with E-state index in [1.807, 2.05) is 0 Å². The average molecular weight is 440 g/mol. The number of hydrogen-bond donors (Lipinski definition) is 2. The van der Waals surface area contributed by atoms with Crippen molar-refractivity contribution in [2.75, 3.05) is 4.90 Å². The normalized spacial score (nSPS) is 18.0. The fourth-order valence-corrected chi connectivity index (χ4v) is 4.45. The van der Waals surface area contributed by atoms with Crippen LogP contribution in [0.3, 0.4) is 0 Å². The van der Waals surface area contributed by atoms with Crippen LogP contribution in [0.25, 0.3) is 5.76 Å². The van der Waals surface area contributed by atoms with E-state index in [9.17, 15) is 24.6 Å². The first-order valence-electron chi connectivity index (χ1n) is 8.83. The van der Waals surface area contributed by atoms with Gasteiger partial charge in [0.25, 0.3) is 11.7 Å². The van der Waals surface area contributed by atoms with Gasteiger partial charge < -0.3 is 10.2 Å². The number of hydrogen-bond acceptors (Lipinski definition) is 5. The van der Waals surface area contributed by atoms with Gasteiger partial charge in [-0.15, -0.1) is 11.3 Å². The van der Waals surface area contributed by atoms with Crippen molar-refractivity contribution < 1.29 is 24.6 Å². The third-order valence-corrected chi connectivity index (χ3v) is 6.01. The highest BCUT2D eigenvalue weighted by Gasteiger charge is 2.47. The number of aromatic carboxylic acids is 1. The number of anilines is 1. The van der Waals surface area contributed by atoms with Crippen LogP contribution in [-0.4, -0.2) is 27.9 Å². The molecule has 0 spiro atoms. The average Bonchev–Trinajstić information content (AvgIpc) is 3.35. The van der Waals surface area contributed by atoms with Crippen LogP contribution in [0.1, 0.15) is 26.8 Å². The molecule has 3 aromatic rings. The molecule has 1 amide bonds. The van der Waals surface area contributed by atoms with Crippen LogP contribution in [0.2, 0.25) is 5.02 Å². The molecule has 1 unspecified atom stereocenters. The SMILES string of the molecule is O=C1C(=O)N(c2cccc(C(=O)O)c2)C(c2cccs2)/C1=C(\O)c1ccccc1Cl. The van der Waals surface area contributed by atoms with Crippen LogP contribution < -0.4 is 4.90 Å². The number of amides is 1. The second-order valence-electron chi connectivity index (χ2n) is 6.52. The van der Waals surface area contributed by atoms with Gasteiger partial charge in [0.2, 0.25) is 0 Å². The molecule has 0 aliphatic carbocycles. The minimum atomic E-state index is -1.16. The maximum atomic E-state index is 13.0. The van der Waals surface area contributed by atoms with Crippen molar-refractivity contribution in [3.05, 3.63) is 92.6 Å². The molecule has 150 valence electrons. The van der Waals surface area contributed by atoms with Crippen molar-refractivity contribution in [1.82, 2.24) is 0 Å². The van der Waals surface area contributed by atoms with Gasteiger partial charge in [-0.1, -0.05) is 35.9 Å². The maximum absolute atomic E-state index is 13.0. The molecular formula is C22H14ClNO5S. The molecule has 4 rings (SSSR count). The lowest BCUT2D eigenvalue weighted by molar-refractivity contribution is -0.132. The largest absolute Gasteiger partial charge is 0.507 e. The van der Waals surface area contributed by atoms with Gasteiger partial charge in [-0.05, 0) is 41.8 Å². The molecule has 2 heterocycles. The van der Waals surface area contributed by atoms with Gasteiger partial charge in [-0.25, -0.2) is 4.79 Å². The number of carbonyl (C=O) groups excluding carboxylic acids is 2. The highest BCUT2D eigenvalue weighted by molar-refractivity contribution is 7.10. The van der Waals surface area contributed by atoms with Crippen LogP contribution in [0.4, 0.5) is 5.69 Å². The van der Waals surface area contributed by atoms with Gasteiger partial charge in [0, 0.05) is 16.1 Å². The monoisotopic (exact) mass is 439 g/mol. The molecule has 1 fully saturated rings. The van der Waals surface area contributed by atoms with Crippen molar-refractivity contribution in [1.29, 1.82) is 0 Å². The number of nitrogens with zero attached hydrogens (tertiary/aromatic N) is 1. The lowest BCUT2D eigenvalue weighted by Crippen LogP contribution is -2.29. The lowest BCUT2D eigenvalue weighted by atomic mass is 9.99. The third kappa shape index (κ3) is 3.28. The highest BCUT2D eigenvalue weighted by atomic mass is 35.5. The summed E-state index contributed by atoms with van der Waals surface area (Å²) in [6, 6.07) is 14.8. The quantitative estimate of drug-likeness (QED) is 0.348. The Balaban J connectivity index is 1.95. The Bertz CT molecular complexity index is 1200. The first kappa shape index (κ1) is 19.9. The minimum absolute atomic E-state index is 0.0227. The topological polar surface area (TPSA) is 94.9 Å². The van der Waals surface area contributed by atoms with E-state index in [1.165, 1.54) is 34.4 Å². The number of rotatable bonds is 4. The van der Waals surface area contributed by atoms with Crippen molar-refractivity contribution in [2.45, 2.75) is 6.04 Å². The number of ketones is 1. The van der Waals surface area contributed by atoms with Crippen molar-refractivity contribution >= 4 is 52.0 Å². The first-order valence-corrected chi connectivity index (χ1v) is 10.1. The summed E-state index contributed by atoms with van der Waals surface area (Å²) in [6.45, 7) is 0. The van der Waals surface area contributed by atoms with Crippen LogP contribution in [-0.2, 0) is 9.59 Å². The number of aliphatic hydroxyl groups excluding tert-OH is 1. The fraction of sp³-hybridized carbons (Fsp3) is 0.0455. The predicted octanol–water partition coefficient (Wildman–Crippen LogP) is 4.73. The number of carboxylic acid groups (broad SMARTS) is 1. The molecule has 2 aromatic carbocycles. The second kappa shape index (κ2) is 7.78. The van der Waals surface area contributed by atoms with Gasteiger partial charge >= 0.3 is 5.97 Å². The van der Waals surface area contributed by atoms with E-state index in [1.54, 1.807) is 47.8 Å². The van der Waals surface area contributed by atoms with Gasteiger partial charge in [-0.2, -0.15) is 0 Å². The summed E-state index contributed by atoms with van der Waals surface area (Å²) in [5.74, 6) is -3.26. The number of thiophene rings is 1. The van der Waals surface area contributed by atoms with E-state index in [0.29, 0.717) is 4.88 Å². The Kier molecular flexibility index (Phi) is 5.15. The number of benzene rings is 2. The third-order valence-electron chi connectivity index (χ3n) is 4.76. The van der Waals surface area contributed by atoms with E-state index in [-0.39, 0.29) is 33.2 Å². The van der Waals surface area contributed by atoms with Crippen LogP contribution in [0.15, 0.2) is 71.6 Å². The molecule has 0 saturated carbocycles. The Morgan fingerprint density at radius 1 is 1.00 bits per heavy atom. The van der Waals surface area contributed by atoms with Crippen LogP contribution in [0.5, 0.6) is 0 Å². The van der Waals surface area contributed by atoms with E-state index in [4.69, 9.17) is 11.6 Å². The molecule has 0 radical (unpaired) electrons. The molecule has 1 aliphatic rings. The lowest BCUT2D eigenvalue weighted by Gasteiger charge is -2.24. The molecule has 0 bridgehead atoms. The summed E-state index contributed by atoms with van der Waals surface area (Å²) < 4.78 is 0. The van der Waals surface area contributed by atoms with E-state index in [0.717, 1.165) is 0 Å². The Hall–Kier alpha value is -3.42. The number of Topliss-reactive ketones (excluding diaryl/α,β-unsaturated/α-hetero) is 1. The molecule has 8 heteroatoms. The zero-order chi connectivity index (χ0) is 21.4.